The SMILES string of the molecule is OC1(C(F)(F)F)C=CC2=CC=CC2=C1. The van der Waals surface area contributed by atoms with E-state index >= 15 is 0 Å². The molecule has 0 saturated heterocycles. The average Bonchev–Trinajstić information content (AvgIpc) is 2.48. The number of aliphatic hydroxyl groups is 1. The predicted molar refractivity (Wildman–Crippen MR) is 45.5 cm³/mol. The summed E-state index contributed by atoms with van der Waals surface area (Å²) in [4.78, 5) is 0. The van der Waals surface area contributed by atoms with Crippen LogP contribution in [0.15, 0.2) is 47.6 Å². The van der Waals surface area contributed by atoms with Crippen LogP contribution in [0, 0.1) is 0 Å². The topological polar surface area (TPSA) is 20.2 Å². The first-order valence-corrected chi connectivity index (χ1v) is 4.02. The molecule has 0 fully saturated rings. The molecule has 0 spiro atoms. The van der Waals surface area contributed by atoms with E-state index in [2.05, 4.69) is 0 Å². The Morgan fingerprint density at radius 1 is 1.14 bits per heavy atom. The third kappa shape index (κ3) is 1.23. The molecule has 74 valence electrons. The van der Waals surface area contributed by atoms with Crippen LogP contribution in [0.2, 0.25) is 0 Å². The van der Waals surface area contributed by atoms with Crippen molar-refractivity contribution >= 4 is 0 Å². The van der Waals surface area contributed by atoms with Gasteiger partial charge in [0.25, 0.3) is 0 Å². The van der Waals surface area contributed by atoms with Gasteiger partial charge in [0.2, 0.25) is 0 Å². The van der Waals surface area contributed by atoms with Crippen molar-refractivity contribution in [1.29, 1.82) is 0 Å². The van der Waals surface area contributed by atoms with Crippen LogP contribution in [0.1, 0.15) is 0 Å². The Morgan fingerprint density at radius 3 is 2.50 bits per heavy atom. The Bertz CT molecular complexity index is 385. The monoisotopic (exact) mass is 200 g/mol. The smallest absolute Gasteiger partial charge is 0.373 e. The van der Waals surface area contributed by atoms with Gasteiger partial charge in [0, 0.05) is 0 Å². The van der Waals surface area contributed by atoms with Crippen LogP contribution >= 0.6 is 0 Å². The molecule has 0 radical (unpaired) electrons. The molecule has 2 aliphatic rings. The average molecular weight is 200 g/mol. The molecule has 0 aliphatic heterocycles. The molecule has 0 saturated carbocycles. The van der Waals surface area contributed by atoms with Crippen LogP contribution in [-0.4, -0.2) is 16.9 Å². The van der Waals surface area contributed by atoms with E-state index in [1.54, 1.807) is 12.2 Å². The highest BCUT2D eigenvalue weighted by Gasteiger charge is 2.51. The maximum absolute atomic E-state index is 12.4. The molecule has 1 atom stereocenters. The fourth-order valence-electron chi connectivity index (χ4n) is 1.41. The zero-order chi connectivity index (χ0) is 10.4. The lowest BCUT2D eigenvalue weighted by atomic mass is 9.91. The van der Waals surface area contributed by atoms with E-state index in [1.165, 1.54) is 12.2 Å². The van der Waals surface area contributed by atoms with E-state index in [0.717, 1.165) is 12.2 Å². The van der Waals surface area contributed by atoms with Gasteiger partial charge in [-0.25, -0.2) is 0 Å². The molecule has 0 heterocycles. The largest absolute Gasteiger partial charge is 0.424 e. The lowest BCUT2D eigenvalue weighted by molar-refractivity contribution is -0.220. The zero-order valence-electron chi connectivity index (χ0n) is 7.05. The molecule has 0 amide bonds. The van der Waals surface area contributed by atoms with Gasteiger partial charge < -0.3 is 5.11 Å². The number of hydrogen-bond donors (Lipinski definition) is 1. The second kappa shape index (κ2) is 2.60. The van der Waals surface area contributed by atoms with Gasteiger partial charge in [0.05, 0.1) is 0 Å². The molecule has 0 aromatic rings. The molecule has 2 rings (SSSR count). The van der Waals surface area contributed by atoms with Crippen molar-refractivity contribution in [2.75, 3.05) is 0 Å². The molecular weight excluding hydrogens is 193 g/mol. The van der Waals surface area contributed by atoms with Crippen molar-refractivity contribution in [3.05, 3.63) is 47.6 Å². The van der Waals surface area contributed by atoms with Gasteiger partial charge in [-0.05, 0) is 23.3 Å². The van der Waals surface area contributed by atoms with Crippen molar-refractivity contribution in [3.8, 4) is 0 Å². The Hall–Kier alpha value is -1.29. The second-order valence-corrected chi connectivity index (χ2v) is 3.24. The van der Waals surface area contributed by atoms with Crippen molar-refractivity contribution in [1.82, 2.24) is 0 Å². The first kappa shape index (κ1) is 9.27. The first-order chi connectivity index (χ1) is 6.42. The van der Waals surface area contributed by atoms with E-state index < -0.39 is 11.8 Å². The molecule has 0 aromatic carbocycles. The molecule has 14 heavy (non-hydrogen) atoms. The van der Waals surface area contributed by atoms with Crippen LogP contribution in [-0.2, 0) is 0 Å². The summed E-state index contributed by atoms with van der Waals surface area (Å²) in [7, 11) is 0. The Balaban J connectivity index is 2.44. The van der Waals surface area contributed by atoms with E-state index in [0.29, 0.717) is 11.1 Å². The minimum atomic E-state index is -4.67. The minimum absolute atomic E-state index is 0.410. The van der Waals surface area contributed by atoms with E-state index in [1.807, 2.05) is 0 Å². The Labute approximate surface area is 78.5 Å². The van der Waals surface area contributed by atoms with Crippen LogP contribution in [0.25, 0.3) is 0 Å². The standard InChI is InChI=1S/C10H7F3O/c11-10(12,13)9(14)5-4-7-2-1-3-8(7)6-9/h1-6,14H. The maximum Gasteiger partial charge on any atom is 0.424 e. The maximum atomic E-state index is 12.4. The Morgan fingerprint density at radius 2 is 1.86 bits per heavy atom. The van der Waals surface area contributed by atoms with Crippen molar-refractivity contribution in [2.24, 2.45) is 0 Å². The van der Waals surface area contributed by atoms with Crippen molar-refractivity contribution in [2.45, 2.75) is 11.8 Å². The summed E-state index contributed by atoms with van der Waals surface area (Å²) in [5, 5.41) is 9.31. The van der Waals surface area contributed by atoms with Gasteiger partial charge in [0.15, 0.2) is 5.60 Å². The number of allylic oxidation sites excluding steroid dienone is 6. The number of hydrogen-bond acceptors (Lipinski definition) is 1. The normalized spacial score (nSPS) is 30.0. The van der Waals surface area contributed by atoms with Gasteiger partial charge in [-0.2, -0.15) is 13.2 Å². The minimum Gasteiger partial charge on any atom is -0.373 e. The molecule has 0 bridgehead atoms. The third-order valence-corrected chi connectivity index (χ3v) is 2.23. The van der Waals surface area contributed by atoms with E-state index in [-0.39, 0.29) is 0 Å². The molecule has 2 aliphatic carbocycles. The fraction of sp³-hybridized carbons (Fsp3) is 0.200. The summed E-state index contributed by atoms with van der Waals surface area (Å²) in [5.74, 6) is 0. The van der Waals surface area contributed by atoms with Crippen LogP contribution in [0.5, 0.6) is 0 Å². The van der Waals surface area contributed by atoms with E-state index in [4.69, 9.17) is 0 Å². The van der Waals surface area contributed by atoms with Crippen LogP contribution in [0.4, 0.5) is 13.2 Å². The molecule has 1 nitrogen and oxygen atoms in total. The van der Waals surface area contributed by atoms with Crippen LogP contribution < -0.4 is 0 Å². The summed E-state index contributed by atoms with van der Waals surface area (Å²) in [6.07, 6.45) is 3.07. The number of fused-ring (bicyclic) bond motifs is 1. The van der Waals surface area contributed by atoms with Gasteiger partial charge in [-0.15, -0.1) is 0 Å². The van der Waals surface area contributed by atoms with Gasteiger partial charge in [-0.1, -0.05) is 24.3 Å². The highest BCUT2D eigenvalue weighted by molar-refractivity contribution is 5.58. The quantitative estimate of drug-likeness (QED) is 0.636. The molecule has 0 aromatic heterocycles. The molecular formula is C10H7F3O. The predicted octanol–water partition coefficient (Wildman–Crippen LogP) is 2.27. The molecule has 4 heteroatoms. The van der Waals surface area contributed by atoms with Gasteiger partial charge in [0.1, 0.15) is 0 Å². The second-order valence-electron chi connectivity index (χ2n) is 3.24. The lowest BCUT2D eigenvalue weighted by Crippen LogP contribution is -2.42. The lowest BCUT2D eigenvalue weighted by Gasteiger charge is -2.27. The summed E-state index contributed by atoms with van der Waals surface area (Å²) in [5.41, 5.74) is -1.72. The van der Waals surface area contributed by atoms with Crippen molar-refractivity contribution in [3.63, 3.8) is 0 Å². The van der Waals surface area contributed by atoms with Gasteiger partial charge >= 0.3 is 6.18 Å². The number of halogens is 3. The van der Waals surface area contributed by atoms with E-state index in [9.17, 15) is 18.3 Å². The number of alkyl halides is 3. The first-order valence-electron chi connectivity index (χ1n) is 4.02. The summed E-state index contributed by atoms with van der Waals surface area (Å²) >= 11 is 0. The highest BCUT2D eigenvalue weighted by atomic mass is 19.4. The van der Waals surface area contributed by atoms with Crippen molar-refractivity contribution < 1.29 is 18.3 Å². The van der Waals surface area contributed by atoms with Crippen LogP contribution in [0.3, 0.4) is 0 Å². The molecule has 1 unspecified atom stereocenters. The number of rotatable bonds is 0. The summed E-state index contributed by atoms with van der Waals surface area (Å²) in [6.45, 7) is 0. The summed E-state index contributed by atoms with van der Waals surface area (Å²) < 4.78 is 37.2. The third-order valence-electron chi connectivity index (χ3n) is 2.23. The van der Waals surface area contributed by atoms with Gasteiger partial charge in [-0.3, -0.25) is 0 Å². The fourth-order valence-corrected chi connectivity index (χ4v) is 1.41. The zero-order valence-corrected chi connectivity index (χ0v) is 7.05. The molecule has 1 N–H and O–H groups in total. The highest BCUT2D eigenvalue weighted by Crippen LogP contribution is 2.38. The summed E-state index contributed by atoms with van der Waals surface area (Å²) in [6, 6.07) is 0. The Kier molecular flexibility index (Phi) is 1.72.